The Balaban J connectivity index is 1.50. The third kappa shape index (κ3) is 6.62. The van der Waals surface area contributed by atoms with Crippen molar-refractivity contribution < 1.29 is 19.1 Å². The van der Waals surface area contributed by atoms with Gasteiger partial charge in [-0.2, -0.15) is 0 Å². The maximum absolute atomic E-state index is 13.6. The van der Waals surface area contributed by atoms with Gasteiger partial charge in [0.1, 0.15) is 17.5 Å². The van der Waals surface area contributed by atoms with E-state index < -0.39 is 6.04 Å². The molecule has 3 aromatic rings. The Hall–Kier alpha value is -3.62. The number of nitrogens with zero attached hydrogens (tertiary/aromatic N) is 2. The third-order valence-electron chi connectivity index (χ3n) is 6.19. The molecule has 0 unspecified atom stereocenters. The van der Waals surface area contributed by atoms with Crippen molar-refractivity contribution in [1.82, 2.24) is 4.90 Å². The monoisotopic (exact) mass is 551 g/mol. The molecule has 1 aliphatic rings. The van der Waals surface area contributed by atoms with E-state index in [-0.39, 0.29) is 18.2 Å². The predicted octanol–water partition coefficient (Wildman–Crippen LogP) is 5.71. The van der Waals surface area contributed by atoms with E-state index in [4.69, 9.17) is 33.3 Å². The van der Waals surface area contributed by atoms with Crippen LogP contribution in [0.4, 0.5) is 11.4 Å². The summed E-state index contributed by atoms with van der Waals surface area (Å²) in [5.74, 6) is 0.897. The van der Waals surface area contributed by atoms with Crippen LogP contribution in [0.1, 0.15) is 25.3 Å². The minimum atomic E-state index is -0.732. The van der Waals surface area contributed by atoms with E-state index in [1.54, 1.807) is 43.5 Å². The average Bonchev–Trinajstić information content (AvgIpc) is 3.16. The summed E-state index contributed by atoms with van der Waals surface area (Å²) in [7, 11) is 1.58. The fourth-order valence-corrected chi connectivity index (χ4v) is 4.74. The Kier molecular flexibility index (Phi) is 9.20. The molecule has 9 heteroatoms. The SMILES string of the molecule is CCCOc1ccc(NC(=O)C[C@@H]2C(=O)N(c3ccc(OC)cc3)C(=S)N2CCc2ccc(Cl)cc2)cc1. The topological polar surface area (TPSA) is 71.1 Å². The van der Waals surface area contributed by atoms with Crippen LogP contribution in [0.3, 0.4) is 0 Å². The molecule has 1 aliphatic heterocycles. The number of benzene rings is 3. The molecule has 2 amide bonds. The van der Waals surface area contributed by atoms with Crippen molar-refractivity contribution in [3.63, 3.8) is 0 Å². The molecule has 4 rings (SSSR count). The number of amides is 2. The number of thiocarbonyl (C=S) groups is 1. The predicted molar refractivity (Wildman–Crippen MR) is 154 cm³/mol. The first kappa shape index (κ1) is 27.4. The lowest BCUT2D eigenvalue weighted by Crippen LogP contribution is -2.39. The second-order valence-electron chi connectivity index (χ2n) is 8.87. The minimum Gasteiger partial charge on any atom is -0.497 e. The van der Waals surface area contributed by atoms with Gasteiger partial charge in [0.25, 0.3) is 5.91 Å². The van der Waals surface area contributed by atoms with Gasteiger partial charge in [-0.1, -0.05) is 30.7 Å². The number of halogens is 1. The molecule has 0 bridgehead atoms. The molecule has 0 radical (unpaired) electrons. The molecule has 0 aliphatic carbocycles. The van der Waals surface area contributed by atoms with Gasteiger partial charge in [0.2, 0.25) is 5.91 Å². The van der Waals surface area contributed by atoms with E-state index in [2.05, 4.69) is 5.32 Å². The van der Waals surface area contributed by atoms with Crippen LogP contribution in [-0.2, 0) is 16.0 Å². The number of hydrogen-bond donors (Lipinski definition) is 1. The molecule has 1 fully saturated rings. The van der Waals surface area contributed by atoms with Crippen molar-refractivity contribution in [2.24, 2.45) is 0 Å². The molecule has 0 spiro atoms. The van der Waals surface area contributed by atoms with Crippen molar-refractivity contribution >= 4 is 52.1 Å². The van der Waals surface area contributed by atoms with Gasteiger partial charge < -0.3 is 19.7 Å². The second-order valence-corrected chi connectivity index (χ2v) is 9.67. The van der Waals surface area contributed by atoms with Crippen molar-refractivity contribution in [3.8, 4) is 11.5 Å². The van der Waals surface area contributed by atoms with Crippen molar-refractivity contribution in [2.75, 3.05) is 30.5 Å². The van der Waals surface area contributed by atoms with Crippen LogP contribution in [0.5, 0.6) is 11.5 Å². The highest BCUT2D eigenvalue weighted by atomic mass is 35.5. The number of hydrogen-bond acceptors (Lipinski definition) is 5. The fourth-order valence-electron chi connectivity index (χ4n) is 4.20. The highest BCUT2D eigenvalue weighted by Gasteiger charge is 2.43. The number of nitrogens with one attached hydrogen (secondary N) is 1. The zero-order valence-corrected chi connectivity index (χ0v) is 22.9. The van der Waals surface area contributed by atoms with E-state index >= 15 is 0 Å². The first-order valence-corrected chi connectivity index (χ1v) is 13.2. The molecule has 3 aromatic carbocycles. The summed E-state index contributed by atoms with van der Waals surface area (Å²) in [5, 5.41) is 3.91. The van der Waals surface area contributed by atoms with E-state index in [0.29, 0.717) is 46.8 Å². The standard InChI is InChI=1S/C29H30ClN3O4S/c1-3-18-37-25-12-8-22(9-13-25)31-27(34)19-26-28(35)33(23-10-14-24(36-2)15-11-23)29(38)32(26)17-16-20-4-6-21(30)7-5-20/h4-15,26H,3,16-19H2,1-2H3,(H,31,34)/t26-/m1/s1. The average molecular weight is 552 g/mol. The van der Waals surface area contributed by atoms with Crippen molar-refractivity contribution in [1.29, 1.82) is 0 Å². The summed E-state index contributed by atoms with van der Waals surface area (Å²) in [5.41, 5.74) is 2.32. The van der Waals surface area contributed by atoms with Crippen LogP contribution in [0.25, 0.3) is 0 Å². The van der Waals surface area contributed by atoms with Crippen molar-refractivity contribution in [2.45, 2.75) is 32.2 Å². The molecule has 38 heavy (non-hydrogen) atoms. The zero-order valence-electron chi connectivity index (χ0n) is 21.4. The van der Waals surface area contributed by atoms with E-state index in [1.807, 2.05) is 48.2 Å². The molecule has 1 heterocycles. The summed E-state index contributed by atoms with van der Waals surface area (Å²) in [6, 6.07) is 21.1. The van der Waals surface area contributed by atoms with Gasteiger partial charge in [0.15, 0.2) is 5.11 Å². The number of carbonyl (C=O) groups excluding carboxylic acids is 2. The number of methoxy groups -OCH3 is 1. The van der Waals surface area contributed by atoms with E-state index in [1.165, 1.54) is 4.90 Å². The Morgan fingerprint density at radius 3 is 2.29 bits per heavy atom. The maximum Gasteiger partial charge on any atom is 0.256 e. The van der Waals surface area contributed by atoms with Crippen LogP contribution in [-0.4, -0.2) is 48.1 Å². The van der Waals surface area contributed by atoms with Crippen LogP contribution >= 0.6 is 23.8 Å². The highest BCUT2D eigenvalue weighted by Crippen LogP contribution is 2.29. The summed E-state index contributed by atoms with van der Waals surface area (Å²) in [6.45, 7) is 3.14. The van der Waals surface area contributed by atoms with Gasteiger partial charge in [0, 0.05) is 17.3 Å². The maximum atomic E-state index is 13.6. The minimum absolute atomic E-state index is 0.0413. The number of rotatable bonds is 11. The normalized spacial score (nSPS) is 15.1. The summed E-state index contributed by atoms with van der Waals surface area (Å²) < 4.78 is 10.8. The largest absolute Gasteiger partial charge is 0.497 e. The fraction of sp³-hybridized carbons (Fsp3) is 0.276. The van der Waals surface area contributed by atoms with Crippen LogP contribution in [0.2, 0.25) is 5.02 Å². The molecule has 0 saturated carbocycles. The summed E-state index contributed by atoms with van der Waals surface area (Å²) in [6.07, 6.45) is 1.51. The molecule has 7 nitrogen and oxygen atoms in total. The first-order valence-electron chi connectivity index (χ1n) is 12.5. The number of anilines is 2. The molecular weight excluding hydrogens is 522 g/mol. The Morgan fingerprint density at radius 2 is 1.66 bits per heavy atom. The van der Waals surface area contributed by atoms with E-state index in [0.717, 1.165) is 17.7 Å². The molecular formula is C29H30ClN3O4S. The lowest BCUT2D eigenvalue weighted by molar-refractivity contribution is -0.124. The molecule has 1 atom stereocenters. The first-order chi connectivity index (χ1) is 18.4. The lowest BCUT2D eigenvalue weighted by atomic mass is 10.1. The molecule has 1 saturated heterocycles. The van der Waals surface area contributed by atoms with Gasteiger partial charge in [-0.15, -0.1) is 0 Å². The quantitative estimate of drug-likeness (QED) is 0.308. The summed E-state index contributed by atoms with van der Waals surface area (Å²) in [4.78, 5) is 30.0. The lowest BCUT2D eigenvalue weighted by Gasteiger charge is -2.24. The Labute approximate surface area is 233 Å². The van der Waals surface area contributed by atoms with E-state index in [9.17, 15) is 9.59 Å². The smallest absolute Gasteiger partial charge is 0.256 e. The Bertz CT molecular complexity index is 1270. The molecule has 1 N–H and O–H groups in total. The van der Waals surface area contributed by atoms with Crippen LogP contribution in [0, 0.1) is 0 Å². The molecule has 0 aromatic heterocycles. The zero-order chi connectivity index (χ0) is 27.1. The van der Waals surface area contributed by atoms with Gasteiger partial charge in [0.05, 0.1) is 25.8 Å². The van der Waals surface area contributed by atoms with Gasteiger partial charge in [-0.05, 0) is 91.3 Å². The Morgan fingerprint density at radius 1 is 1.00 bits per heavy atom. The number of ether oxygens (including phenoxy) is 2. The second kappa shape index (κ2) is 12.8. The third-order valence-corrected chi connectivity index (χ3v) is 6.86. The van der Waals surface area contributed by atoms with Crippen molar-refractivity contribution in [3.05, 3.63) is 83.4 Å². The van der Waals surface area contributed by atoms with Gasteiger partial charge in [-0.25, -0.2) is 0 Å². The number of carbonyl (C=O) groups is 2. The van der Waals surface area contributed by atoms with Gasteiger partial charge in [-0.3, -0.25) is 14.5 Å². The summed E-state index contributed by atoms with van der Waals surface area (Å²) >= 11 is 11.8. The van der Waals surface area contributed by atoms with Crippen LogP contribution in [0.15, 0.2) is 72.8 Å². The van der Waals surface area contributed by atoms with Gasteiger partial charge >= 0.3 is 0 Å². The molecule has 198 valence electrons. The van der Waals surface area contributed by atoms with Crippen LogP contribution < -0.4 is 19.7 Å². The highest BCUT2D eigenvalue weighted by molar-refractivity contribution is 7.80.